The van der Waals surface area contributed by atoms with E-state index >= 15 is 0 Å². The van der Waals surface area contributed by atoms with Gasteiger partial charge in [0, 0.05) is 20.2 Å². The van der Waals surface area contributed by atoms with Crippen LogP contribution in [0.3, 0.4) is 0 Å². The fraction of sp³-hybridized carbons (Fsp3) is 0.455. The van der Waals surface area contributed by atoms with Crippen LogP contribution in [0.15, 0.2) is 29.2 Å². The topological polar surface area (TPSA) is 67.4 Å². The zero-order valence-corrected chi connectivity index (χ0v) is 10.9. The van der Waals surface area contributed by atoms with Gasteiger partial charge in [-0.1, -0.05) is 12.1 Å². The number of sulfonamides is 1. The van der Waals surface area contributed by atoms with Gasteiger partial charge >= 0.3 is 0 Å². The second-order valence-corrected chi connectivity index (χ2v) is 5.34. The molecule has 1 aromatic rings. The van der Waals surface area contributed by atoms with Crippen molar-refractivity contribution in [2.45, 2.75) is 11.4 Å². The summed E-state index contributed by atoms with van der Waals surface area (Å²) in [5, 5.41) is 2.98. The van der Waals surface area contributed by atoms with Gasteiger partial charge in [-0.2, -0.15) is 0 Å². The van der Waals surface area contributed by atoms with Crippen LogP contribution in [0.1, 0.15) is 5.56 Å². The van der Waals surface area contributed by atoms with Gasteiger partial charge < -0.3 is 10.1 Å². The number of ether oxygens (including phenoxy) is 1. The van der Waals surface area contributed by atoms with Crippen LogP contribution in [0.4, 0.5) is 0 Å². The van der Waals surface area contributed by atoms with Gasteiger partial charge in [0.25, 0.3) is 0 Å². The van der Waals surface area contributed by atoms with E-state index in [1.165, 1.54) is 7.11 Å². The van der Waals surface area contributed by atoms with E-state index in [-0.39, 0.29) is 11.4 Å². The Kier molecular flexibility index (Phi) is 5.57. The van der Waals surface area contributed by atoms with E-state index in [0.717, 1.165) is 5.56 Å². The molecule has 0 aliphatic heterocycles. The summed E-state index contributed by atoms with van der Waals surface area (Å²) in [7, 11) is -0.0840. The van der Waals surface area contributed by atoms with Crippen molar-refractivity contribution in [3.05, 3.63) is 29.8 Å². The van der Waals surface area contributed by atoms with Gasteiger partial charge in [-0.15, -0.1) is 0 Å². The smallest absolute Gasteiger partial charge is 0.240 e. The number of hydrogen-bond acceptors (Lipinski definition) is 4. The molecule has 5 nitrogen and oxygen atoms in total. The van der Waals surface area contributed by atoms with E-state index in [1.807, 2.05) is 13.1 Å². The molecule has 96 valence electrons. The minimum absolute atomic E-state index is 0.273. The molecule has 17 heavy (non-hydrogen) atoms. The zero-order valence-electron chi connectivity index (χ0n) is 10.1. The number of nitrogens with one attached hydrogen (secondary N) is 2. The van der Waals surface area contributed by atoms with Crippen molar-refractivity contribution in [3.8, 4) is 0 Å². The van der Waals surface area contributed by atoms with Crippen molar-refractivity contribution >= 4 is 10.0 Å². The molecule has 0 amide bonds. The zero-order chi connectivity index (χ0) is 12.7. The van der Waals surface area contributed by atoms with E-state index in [4.69, 9.17) is 4.74 Å². The highest BCUT2D eigenvalue weighted by atomic mass is 32.2. The molecule has 0 heterocycles. The summed E-state index contributed by atoms with van der Waals surface area (Å²) in [5.74, 6) is 0. The molecule has 0 saturated heterocycles. The van der Waals surface area contributed by atoms with Crippen molar-refractivity contribution in [1.29, 1.82) is 0 Å². The van der Waals surface area contributed by atoms with Crippen LogP contribution < -0.4 is 10.0 Å². The molecule has 0 atom stereocenters. The lowest BCUT2D eigenvalue weighted by Gasteiger charge is -2.07. The second-order valence-electron chi connectivity index (χ2n) is 3.57. The first kappa shape index (κ1) is 14.1. The molecule has 6 heteroatoms. The molecular formula is C11H18N2O3S. The van der Waals surface area contributed by atoms with E-state index < -0.39 is 10.0 Å². The SMILES string of the molecule is CNCc1cccc(S(=O)(=O)NCCOC)c1. The lowest BCUT2D eigenvalue weighted by molar-refractivity contribution is 0.204. The summed E-state index contributed by atoms with van der Waals surface area (Å²) in [5.41, 5.74) is 0.933. The highest BCUT2D eigenvalue weighted by Crippen LogP contribution is 2.11. The Hall–Kier alpha value is -0.950. The molecule has 1 aromatic carbocycles. The standard InChI is InChI=1S/C11H18N2O3S/c1-12-9-10-4-3-5-11(8-10)17(14,15)13-6-7-16-2/h3-5,8,12-13H,6-7,9H2,1-2H3. The Labute approximate surface area is 102 Å². The summed E-state index contributed by atoms with van der Waals surface area (Å²) in [4.78, 5) is 0.279. The van der Waals surface area contributed by atoms with Gasteiger partial charge in [0.2, 0.25) is 10.0 Å². The Balaban J connectivity index is 2.79. The third-order valence-electron chi connectivity index (χ3n) is 2.19. The highest BCUT2D eigenvalue weighted by molar-refractivity contribution is 7.89. The lowest BCUT2D eigenvalue weighted by atomic mass is 10.2. The maximum Gasteiger partial charge on any atom is 0.240 e. The molecule has 0 radical (unpaired) electrons. The maximum absolute atomic E-state index is 11.9. The van der Waals surface area contributed by atoms with E-state index in [1.54, 1.807) is 18.2 Å². The summed E-state index contributed by atoms with van der Waals surface area (Å²) in [6.45, 7) is 1.27. The van der Waals surface area contributed by atoms with Gasteiger partial charge in [-0.3, -0.25) is 0 Å². The maximum atomic E-state index is 11.9. The van der Waals surface area contributed by atoms with Crippen LogP contribution in [-0.2, 0) is 21.3 Å². The van der Waals surface area contributed by atoms with Crippen molar-refractivity contribution in [2.75, 3.05) is 27.3 Å². The predicted molar refractivity (Wildman–Crippen MR) is 66.3 cm³/mol. The molecule has 1 rings (SSSR count). The normalized spacial score (nSPS) is 11.6. The summed E-state index contributed by atoms with van der Waals surface area (Å²) in [6.07, 6.45) is 0. The van der Waals surface area contributed by atoms with Crippen LogP contribution >= 0.6 is 0 Å². The first-order valence-corrected chi connectivity index (χ1v) is 6.80. The number of hydrogen-bond donors (Lipinski definition) is 2. The average molecular weight is 258 g/mol. The van der Waals surface area contributed by atoms with Crippen LogP contribution in [0.2, 0.25) is 0 Å². The molecule has 0 unspecified atom stereocenters. The van der Waals surface area contributed by atoms with Gasteiger partial charge in [0.05, 0.1) is 11.5 Å². The molecule has 0 aliphatic rings. The molecular weight excluding hydrogens is 240 g/mol. The van der Waals surface area contributed by atoms with Gasteiger partial charge in [0.15, 0.2) is 0 Å². The van der Waals surface area contributed by atoms with Crippen molar-refractivity contribution in [1.82, 2.24) is 10.0 Å². The van der Waals surface area contributed by atoms with Crippen LogP contribution in [0.25, 0.3) is 0 Å². The van der Waals surface area contributed by atoms with Gasteiger partial charge in [0.1, 0.15) is 0 Å². The highest BCUT2D eigenvalue weighted by Gasteiger charge is 2.13. The quantitative estimate of drug-likeness (QED) is 0.692. The Morgan fingerprint density at radius 1 is 1.35 bits per heavy atom. The monoisotopic (exact) mass is 258 g/mol. The molecule has 0 spiro atoms. The largest absolute Gasteiger partial charge is 0.383 e. The Morgan fingerprint density at radius 2 is 2.12 bits per heavy atom. The summed E-state index contributed by atoms with van der Waals surface area (Å²) >= 11 is 0. The van der Waals surface area contributed by atoms with Gasteiger partial charge in [-0.05, 0) is 24.7 Å². The third-order valence-corrected chi connectivity index (χ3v) is 3.65. The fourth-order valence-electron chi connectivity index (χ4n) is 1.39. The molecule has 2 N–H and O–H groups in total. The molecule has 0 fully saturated rings. The van der Waals surface area contributed by atoms with E-state index in [0.29, 0.717) is 13.2 Å². The lowest BCUT2D eigenvalue weighted by Crippen LogP contribution is -2.27. The van der Waals surface area contributed by atoms with Crippen molar-refractivity contribution < 1.29 is 13.2 Å². The summed E-state index contributed by atoms with van der Waals surface area (Å²) in [6, 6.07) is 6.85. The number of benzene rings is 1. The van der Waals surface area contributed by atoms with Crippen molar-refractivity contribution in [3.63, 3.8) is 0 Å². The van der Waals surface area contributed by atoms with Crippen LogP contribution in [-0.4, -0.2) is 35.7 Å². The number of methoxy groups -OCH3 is 1. The van der Waals surface area contributed by atoms with Gasteiger partial charge in [-0.25, -0.2) is 13.1 Å². The molecule has 0 aromatic heterocycles. The average Bonchev–Trinajstić information content (AvgIpc) is 2.30. The minimum atomic E-state index is -3.43. The fourth-order valence-corrected chi connectivity index (χ4v) is 2.47. The first-order chi connectivity index (χ1) is 8.10. The van der Waals surface area contributed by atoms with E-state index in [2.05, 4.69) is 10.0 Å². The third kappa shape index (κ3) is 4.43. The minimum Gasteiger partial charge on any atom is -0.383 e. The Morgan fingerprint density at radius 3 is 2.76 bits per heavy atom. The Bertz CT molecular complexity index is 446. The molecule has 0 aliphatic carbocycles. The molecule has 0 bridgehead atoms. The van der Waals surface area contributed by atoms with Crippen LogP contribution in [0, 0.1) is 0 Å². The number of rotatable bonds is 7. The van der Waals surface area contributed by atoms with E-state index in [9.17, 15) is 8.42 Å². The summed E-state index contributed by atoms with van der Waals surface area (Å²) < 4.78 is 31.0. The molecule has 0 saturated carbocycles. The van der Waals surface area contributed by atoms with Crippen LogP contribution in [0.5, 0.6) is 0 Å². The second kappa shape index (κ2) is 6.70. The van der Waals surface area contributed by atoms with Crippen molar-refractivity contribution in [2.24, 2.45) is 0 Å². The predicted octanol–water partition coefficient (Wildman–Crippen LogP) is 0.331. The first-order valence-electron chi connectivity index (χ1n) is 5.32.